The first-order valence-electron chi connectivity index (χ1n) is 12.0. The molecule has 1 fully saturated rings. The first-order chi connectivity index (χ1) is 18.3. The summed E-state index contributed by atoms with van der Waals surface area (Å²) in [7, 11) is 2.81. The predicted molar refractivity (Wildman–Crippen MR) is 148 cm³/mol. The zero-order valence-electron chi connectivity index (χ0n) is 20.9. The number of hydrogen-bond acceptors (Lipinski definition) is 7. The van der Waals surface area contributed by atoms with Crippen LogP contribution < -0.4 is 10.1 Å². The number of pyridine rings is 1. The number of aromatic nitrogens is 1. The number of nitrogens with one attached hydrogen (secondary N) is 1. The number of hydrogen-bond donors (Lipinski definition) is 1. The standard InChI is InChI=1S/C27H27Cl2N3O5S/c1-36-21-5-3-19(15-30-21)20(14-23(34)37-2)31-27(35)16-7-10-32(11-8-16)22(33)6-4-17-13-18-9-12-38-26(18)25(29)24(17)28/h3-6,9,12-13,15-16,20H,7-8,10-11,14H2,1-2H3,(H,31,35)/b6-4+/t20-/m1/s1. The number of piperidine rings is 1. The minimum Gasteiger partial charge on any atom is -0.481 e. The Morgan fingerprint density at radius 2 is 1.95 bits per heavy atom. The van der Waals surface area contributed by atoms with Crippen LogP contribution in [0.5, 0.6) is 5.88 Å². The van der Waals surface area contributed by atoms with Crippen molar-refractivity contribution in [2.24, 2.45) is 5.92 Å². The molecule has 8 nitrogen and oxygen atoms in total. The summed E-state index contributed by atoms with van der Waals surface area (Å²) < 4.78 is 10.8. The van der Waals surface area contributed by atoms with E-state index in [4.69, 9.17) is 32.7 Å². The highest BCUT2D eigenvalue weighted by atomic mass is 35.5. The van der Waals surface area contributed by atoms with Gasteiger partial charge < -0.3 is 19.7 Å². The Hall–Kier alpha value is -3.14. The third-order valence-electron chi connectivity index (χ3n) is 6.52. The summed E-state index contributed by atoms with van der Waals surface area (Å²) >= 11 is 14.3. The first-order valence-corrected chi connectivity index (χ1v) is 13.6. The molecule has 0 saturated carbocycles. The third-order valence-corrected chi connectivity index (χ3v) is 8.46. The van der Waals surface area contributed by atoms with E-state index in [1.807, 2.05) is 17.5 Å². The minimum absolute atomic E-state index is 0.0257. The molecule has 1 saturated heterocycles. The number of fused-ring (bicyclic) bond motifs is 1. The van der Waals surface area contributed by atoms with Crippen LogP contribution in [0.3, 0.4) is 0 Å². The summed E-state index contributed by atoms with van der Waals surface area (Å²) in [6.45, 7) is 0.871. The number of rotatable bonds is 8. The van der Waals surface area contributed by atoms with Crippen LogP contribution >= 0.6 is 34.5 Å². The molecule has 0 bridgehead atoms. The Bertz CT molecular complexity index is 1350. The van der Waals surface area contributed by atoms with E-state index in [2.05, 4.69) is 10.3 Å². The quantitative estimate of drug-likeness (QED) is 0.289. The number of carbonyl (C=O) groups is 3. The van der Waals surface area contributed by atoms with Gasteiger partial charge in [0, 0.05) is 37.3 Å². The molecule has 1 N–H and O–H groups in total. The lowest BCUT2D eigenvalue weighted by Gasteiger charge is -2.31. The number of likely N-dealkylation sites (tertiary alicyclic amines) is 1. The molecule has 3 heterocycles. The van der Waals surface area contributed by atoms with Crippen molar-refractivity contribution in [3.63, 3.8) is 0 Å². The highest BCUT2D eigenvalue weighted by Gasteiger charge is 2.29. The zero-order chi connectivity index (χ0) is 27.2. The summed E-state index contributed by atoms with van der Waals surface area (Å²) in [4.78, 5) is 43.7. The van der Waals surface area contributed by atoms with Gasteiger partial charge in [0.2, 0.25) is 17.7 Å². The van der Waals surface area contributed by atoms with E-state index in [1.54, 1.807) is 29.3 Å². The fraction of sp³-hybridized carbons (Fsp3) is 0.333. The molecule has 2 amide bonds. The van der Waals surface area contributed by atoms with Crippen LogP contribution in [0.4, 0.5) is 0 Å². The average molecular weight is 577 g/mol. The van der Waals surface area contributed by atoms with E-state index in [0.717, 1.165) is 10.1 Å². The van der Waals surface area contributed by atoms with Crippen molar-refractivity contribution in [1.29, 1.82) is 0 Å². The number of carbonyl (C=O) groups excluding carboxylic acids is 3. The van der Waals surface area contributed by atoms with Gasteiger partial charge in [-0.1, -0.05) is 29.3 Å². The molecule has 38 heavy (non-hydrogen) atoms. The van der Waals surface area contributed by atoms with Crippen molar-refractivity contribution in [3.8, 4) is 5.88 Å². The number of nitrogens with zero attached hydrogens (tertiary/aromatic N) is 2. The molecule has 1 aliphatic rings. The molecule has 4 rings (SSSR count). The number of ether oxygens (including phenoxy) is 2. The van der Waals surface area contributed by atoms with Gasteiger partial charge in [-0.2, -0.15) is 0 Å². The van der Waals surface area contributed by atoms with E-state index < -0.39 is 12.0 Å². The lowest BCUT2D eigenvalue weighted by atomic mass is 9.94. The number of halogens is 2. The minimum atomic E-state index is -0.590. The summed E-state index contributed by atoms with van der Waals surface area (Å²) in [6, 6.07) is 6.70. The van der Waals surface area contributed by atoms with Gasteiger partial charge >= 0.3 is 5.97 Å². The molecule has 11 heteroatoms. The number of amides is 2. The topological polar surface area (TPSA) is 97.8 Å². The molecule has 0 aliphatic carbocycles. The van der Waals surface area contributed by atoms with Crippen molar-refractivity contribution in [2.45, 2.75) is 25.3 Å². The average Bonchev–Trinajstić information content (AvgIpc) is 3.42. The smallest absolute Gasteiger partial charge is 0.307 e. The van der Waals surface area contributed by atoms with Crippen molar-refractivity contribution < 1.29 is 23.9 Å². The lowest BCUT2D eigenvalue weighted by molar-refractivity contribution is -0.141. The molecule has 200 valence electrons. The largest absolute Gasteiger partial charge is 0.481 e. The van der Waals surface area contributed by atoms with Crippen molar-refractivity contribution in [2.75, 3.05) is 27.3 Å². The van der Waals surface area contributed by atoms with Gasteiger partial charge in [-0.15, -0.1) is 11.3 Å². The number of esters is 1. The van der Waals surface area contributed by atoms with Crippen molar-refractivity contribution >= 4 is 68.5 Å². The molecule has 1 aromatic carbocycles. The number of methoxy groups -OCH3 is 2. The Morgan fingerprint density at radius 1 is 1.18 bits per heavy atom. The van der Waals surface area contributed by atoms with Gasteiger partial charge in [0.1, 0.15) is 0 Å². The molecule has 0 spiro atoms. The van der Waals surface area contributed by atoms with Crippen LogP contribution in [0.25, 0.3) is 16.2 Å². The van der Waals surface area contributed by atoms with Gasteiger partial charge in [0.15, 0.2) is 0 Å². The van der Waals surface area contributed by atoms with Crippen molar-refractivity contribution in [1.82, 2.24) is 15.2 Å². The van der Waals surface area contributed by atoms with Gasteiger partial charge in [-0.05, 0) is 52.9 Å². The van der Waals surface area contributed by atoms with Crippen LogP contribution in [-0.2, 0) is 19.1 Å². The van der Waals surface area contributed by atoms with Crippen LogP contribution in [0.2, 0.25) is 10.0 Å². The molecule has 2 aromatic heterocycles. The van der Waals surface area contributed by atoms with Gasteiger partial charge in [0.25, 0.3) is 0 Å². The maximum atomic E-state index is 13.1. The van der Waals surface area contributed by atoms with Crippen LogP contribution in [-0.4, -0.2) is 55.0 Å². The summed E-state index contributed by atoms with van der Waals surface area (Å²) in [5.74, 6) is -0.640. The van der Waals surface area contributed by atoms with Gasteiger partial charge in [-0.25, -0.2) is 4.98 Å². The Labute approximate surface area is 234 Å². The second-order valence-corrected chi connectivity index (χ2v) is 10.5. The SMILES string of the molecule is COC(=O)C[C@@H](NC(=O)C1CCN(C(=O)/C=C/c2cc3ccsc3c(Cl)c2Cl)CC1)c1ccc(OC)nc1. The van der Waals surface area contributed by atoms with E-state index in [1.165, 1.54) is 31.6 Å². The summed E-state index contributed by atoms with van der Waals surface area (Å²) in [5.41, 5.74) is 1.34. The molecule has 1 aliphatic heterocycles. The summed E-state index contributed by atoms with van der Waals surface area (Å²) in [5, 5.41) is 6.76. The Morgan fingerprint density at radius 3 is 2.61 bits per heavy atom. The maximum Gasteiger partial charge on any atom is 0.307 e. The van der Waals surface area contributed by atoms with Crippen LogP contribution in [0.1, 0.15) is 36.4 Å². The lowest BCUT2D eigenvalue weighted by Crippen LogP contribution is -2.43. The summed E-state index contributed by atoms with van der Waals surface area (Å²) in [6.07, 6.45) is 5.71. The van der Waals surface area contributed by atoms with E-state index >= 15 is 0 Å². The van der Waals surface area contributed by atoms with Gasteiger partial charge in [0.05, 0.1) is 41.4 Å². The molecule has 3 aromatic rings. The first kappa shape index (κ1) is 27.9. The fourth-order valence-corrected chi connectivity index (χ4v) is 5.77. The third kappa shape index (κ3) is 6.46. The van der Waals surface area contributed by atoms with E-state index in [-0.39, 0.29) is 24.2 Å². The molecule has 0 radical (unpaired) electrons. The van der Waals surface area contributed by atoms with E-state index in [9.17, 15) is 14.4 Å². The highest BCUT2D eigenvalue weighted by Crippen LogP contribution is 2.37. The molecule has 1 atom stereocenters. The monoisotopic (exact) mass is 575 g/mol. The Kier molecular flexibility index (Phi) is 9.25. The fourth-order valence-electron chi connectivity index (χ4n) is 4.33. The van der Waals surface area contributed by atoms with Crippen LogP contribution in [0, 0.1) is 5.92 Å². The zero-order valence-corrected chi connectivity index (χ0v) is 23.2. The second-order valence-electron chi connectivity index (χ2n) is 8.84. The number of thiophene rings is 1. The van der Waals surface area contributed by atoms with Crippen LogP contribution in [0.15, 0.2) is 41.9 Å². The van der Waals surface area contributed by atoms with E-state index in [0.29, 0.717) is 53.0 Å². The number of benzene rings is 1. The highest BCUT2D eigenvalue weighted by molar-refractivity contribution is 7.18. The predicted octanol–water partition coefficient (Wildman–Crippen LogP) is 5.28. The normalized spacial score (nSPS) is 15.0. The molecular formula is C27H27Cl2N3O5S. The molecular weight excluding hydrogens is 549 g/mol. The Balaban J connectivity index is 1.35. The maximum absolute atomic E-state index is 13.1. The van der Waals surface area contributed by atoms with Crippen molar-refractivity contribution in [3.05, 3.63) is 63.1 Å². The second kappa shape index (κ2) is 12.6. The molecule has 0 unspecified atom stereocenters. The van der Waals surface area contributed by atoms with Gasteiger partial charge in [-0.3, -0.25) is 14.4 Å².